The molecule has 1 aromatic carbocycles. The highest BCUT2D eigenvalue weighted by Gasteiger charge is 2.47. The van der Waals surface area contributed by atoms with Crippen molar-refractivity contribution in [3.8, 4) is 11.5 Å². The Morgan fingerprint density at radius 3 is 2.50 bits per heavy atom. The molecule has 22 heavy (non-hydrogen) atoms. The highest BCUT2D eigenvalue weighted by atomic mass is 79.9. The number of hydrogen-bond acceptors (Lipinski definition) is 6. The Morgan fingerprint density at radius 2 is 2.00 bits per heavy atom. The predicted octanol–water partition coefficient (Wildman–Crippen LogP) is 2.00. The second-order valence-corrected chi connectivity index (χ2v) is 5.97. The van der Waals surface area contributed by atoms with Gasteiger partial charge in [0.25, 0.3) is 0 Å². The van der Waals surface area contributed by atoms with Gasteiger partial charge < -0.3 is 24.1 Å². The second kappa shape index (κ2) is 6.44. The maximum Gasteiger partial charge on any atom is 0.338 e. The molecule has 0 aromatic heterocycles. The summed E-state index contributed by atoms with van der Waals surface area (Å²) in [5.41, 5.74) is -0.222. The van der Waals surface area contributed by atoms with Gasteiger partial charge in [0.1, 0.15) is 11.5 Å². The van der Waals surface area contributed by atoms with Crippen molar-refractivity contribution in [2.45, 2.75) is 24.5 Å². The van der Waals surface area contributed by atoms with Crippen LogP contribution in [0.25, 0.3) is 0 Å². The molecule has 1 aliphatic carbocycles. The van der Waals surface area contributed by atoms with Crippen LogP contribution in [-0.2, 0) is 20.7 Å². The SMILES string of the molecule is COC(=O)[C@]1(O)Cc2c(OC)c(Br)cc(OC)c2[C@H](OC)C1. The molecule has 0 saturated carbocycles. The van der Waals surface area contributed by atoms with Gasteiger partial charge in [-0.25, -0.2) is 4.79 Å². The maximum atomic E-state index is 12.0. The van der Waals surface area contributed by atoms with Gasteiger partial charge in [0.2, 0.25) is 0 Å². The summed E-state index contributed by atoms with van der Waals surface area (Å²) < 4.78 is 21.7. The van der Waals surface area contributed by atoms with Crippen molar-refractivity contribution in [3.63, 3.8) is 0 Å². The van der Waals surface area contributed by atoms with Crippen molar-refractivity contribution in [2.24, 2.45) is 0 Å². The highest BCUT2D eigenvalue weighted by molar-refractivity contribution is 9.10. The van der Waals surface area contributed by atoms with Crippen molar-refractivity contribution in [1.29, 1.82) is 0 Å². The van der Waals surface area contributed by atoms with Crippen LogP contribution in [0, 0.1) is 0 Å². The molecule has 1 N–H and O–H groups in total. The van der Waals surface area contributed by atoms with Gasteiger partial charge in [0.15, 0.2) is 5.60 Å². The molecule has 7 heteroatoms. The third-order valence-corrected chi connectivity index (χ3v) is 4.52. The maximum absolute atomic E-state index is 12.0. The number of hydrogen-bond donors (Lipinski definition) is 1. The number of ether oxygens (including phenoxy) is 4. The standard InChI is InChI=1S/C15H19BrO6/c1-19-10-5-9(16)13(21-3)8-6-15(18,14(17)22-4)7-11(20-2)12(8)10/h5,11,18H,6-7H2,1-4H3/t11-,15+/m1/s1. The third kappa shape index (κ3) is 2.68. The molecule has 1 aromatic rings. The molecule has 0 unspecified atom stereocenters. The second-order valence-electron chi connectivity index (χ2n) is 5.11. The quantitative estimate of drug-likeness (QED) is 0.812. The van der Waals surface area contributed by atoms with Crippen LogP contribution < -0.4 is 9.47 Å². The first-order chi connectivity index (χ1) is 10.4. The number of rotatable bonds is 4. The molecule has 6 nitrogen and oxygen atoms in total. The van der Waals surface area contributed by atoms with Crippen molar-refractivity contribution in [3.05, 3.63) is 21.7 Å². The van der Waals surface area contributed by atoms with E-state index in [4.69, 9.17) is 18.9 Å². The summed E-state index contributed by atoms with van der Waals surface area (Å²) in [5.74, 6) is 0.461. The van der Waals surface area contributed by atoms with Gasteiger partial charge in [-0.2, -0.15) is 0 Å². The molecule has 2 atom stereocenters. The largest absolute Gasteiger partial charge is 0.496 e. The fourth-order valence-electron chi connectivity index (χ4n) is 2.91. The lowest BCUT2D eigenvalue weighted by Crippen LogP contribution is -2.46. The smallest absolute Gasteiger partial charge is 0.338 e. The van der Waals surface area contributed by atoms with Crippen LogP contribution >= 0.6 is 15.9 Å². The van der Waals surface area contributed by atoms with Gasteiger partial charge in [-0.3, -0.25) is 0 Å². The Morgan fingerprint density at radius 1 is 1.32 bits per heavy atom. The Kier molecular flexibility index (Phi) is 4.99. The van der Waals surface area contributed by atoms with Crippen LogP contribution in [0.2, 0.25) is 0 Å². The molecule has 0 spiro atoms. The minimum Gasteiger partial charge on any atom is -0.496 e. The number of fused-ring (bicyclic) bond motifs is 1. The summed E-state index contributed by atoms with van der Waals surface area (Å²) in [6.45, 7) is 0. The van der Waals surface area contributed by atoms with Crippen LogP contribution in [0.3, 0.4) is 0 Å². The lowest BCUT2D eigenvalue weighted by atomic mass is 9.77. The fourth-order valence-corrected chi connectivity index (χ4v) is 3.52. The zero-order valence-electron chi connectivity index (χ0n) is 12.9. The van der Waals surface area contributed by atoms with Crippen LogP contribution in [0.1, 0.15) is 23.7 Å². The molecule has 0 fully saturated rings. The van der Waals surface area contributed by atoms with Crippen LogP contribution in [0.4, 0.5) is 0 Å². The molecular formula is C15H19BrO6. The van der Waals surface area contributed by atoms with E-state index in [-0.39, 0.29) is 12.8 Å². The first-order valence-corrected chi connectivity index (χ1v) is 7.48. The number of halogens is 1. The van der Waals surface area contributed by atoms with Crippen molar-refractivity contribution >= 4 is 21.9 Å². The number of aliphatic hydroxyl groups is 1. The van der Waals surface area contributed by atoms with Gasteiger partial charge in [-0.05, 0) is 22.0 Å². The van der Waals surface area contributed by atoms with E-state index in [9.17, 15) is 9.90 Å². The average molecular weight is 375 g/mol. The molecule has 122 valence electrons. The third-order valence-electron chi connectivity index (χ3n) is 3.93. The fraction of sp³-hybridized carbons (Fsp3) is 0.533. The first kappa shape index (κ1) is 17.1. The van der Waals surface area contributed by atoms with Gasteiger partial charge >= 0.3 is 5.97 Å². The summed E-state index contributed by atoms with van der Waals surface area (Å²) in [6.07, 6.45) is -0.358. The Balaban J connectivity index is 2.67. The summed E-state index contributed by atoms with van der Waals surface area (Å²) in [5, 5.41) is 10.7. The van der Waals surface area contributed by atoms with Gasteiger partial charge in [0, 0.05) is 31.1 Å². The Hall–Kier alpha value is -1.31. The van der Waals surface area contributed by atoms with E-state index < -0.39 is 17.7 Å². The zero-order valence-corrected chi connectivity index (χ0v) is 14.5. The van der Waals surface area contributed by atoms with Gasteiger partial charge in [-0.1, -0.05) is 0 Å². The summed E-state index contributed by atoms with van der Waals surface area (Å²) in [4.78, 5) is 12.0. The molecule has 0 heterocycles. The minimum atomic E-state index is -1.67. The van der Waals surface area contributed by atoms with E-state index in [1.165, 1.54) is 21.3 Å². The van der Waals surface area contributed by atoms with Gasteiger partial charge in [-0.15, -0.1) is 0 Å². The summed E-state index contributed by atoms with van der Waals surface area (Å²) in [7, 11) is 5.85. The minimum absolute atomic E-state index is 0.0633. The molecule has 0 aliphatic heterocycles. The Bertz CT molecular complexity index is 588. The van der Waals surface area contributed by atoms with E-state index >= 15 is 0 Å². The summed E-state index contributed by atoms with van der Waals surface area (Å²) in [6, 6.07) is 1.78. The lowest BCUT2D eigenvalue weighted by molar-refractivity contribution is -0.167. The highest BCUT2D eigenvalue weighted by Crippen LogP contribution is 2.48. The molecule has 1 aliphatic rings. The number of carbonyl (C=O) groups is 1. The van der Waals surface area contributed by atoms with Gasteiger partial charge in [0.05, 0.1) is 31.9 Å². The molecule has 0 radical (unpaired) electrons. The zero-order chi connectivity index (χ0) is 16.5. The number of benzene rings is 1. The van der Waals surface area contributed by atoms with Crippen LogP contribution in [0.5, 0.6) is 11.5 Å². The molecule has 0 amide bonds. The van der Waals surface area contributed by atoms with E-state index in [0.29, 0.717) is 21.5 Å². The van der Waals surface area contributed by atoms with Crippen molar-refractivity contribution < 1.29 is 28.8 Å². The van der Waals surface area contributed by atoms with Crippen molar-refractivity contribution in [2.75, 3.05) is 28.4 Å². The number of methoxy groups -OCH3 is 4. The molecule has 0 bridgehead atoms. The van der Waals surface area contributed by atoms with Crippen molar-refractivity contribution in [1.82, 2.24) is 0 Å². The predicted molar refractivity (Wildman–Crippen MR) is 82.3 cm³/mol. The topological polar surface area (TPSA) is 74.2 Å². The normalized spacial score (nSPS) is 23.6. The van der Waals surface area contributed by atoms with E-state index in [1.807, 2.05) is 0 Å². The van der Waals surface area contributed by atoms with E-state index in [1.54, 1.807) is 13.2 Å². The Labute approximate surface area is 137 Å². The van der Waals surface area contributed by atoms with Crippen LogP contribution in [-0.4, -0.2) is 45.1 Å². The lowest BCUT2D eigenvalue weighted by Gasteiger charge is -2.37. The van der Waals surface area contributed by atoms with E-state index in [0.717, 1.165) is 5.56 Å². The monoisotopic (exact) mass is 374 g/mol. The number of esters is 1. The molecule has 0 saturated heterocycles. The first-order valence-electron chi connectivity index (χ1n) is 6.68. The molecule has 2 rings (SSSR count). The summed E-state index contributed by atoms with van der Waals surface area (Å²) >= 11 is 3.42. The van der Waals surface area contributed by atoms with Crippen LogP contribution in [0.15, 0.2) is 10.5 Å². The molecular weight excluding hydrogens is 356 g/mol. The number of carbonyl (C=O) groups excluding carboxylic acids is 1. The van der Waals surface area contributed by atoms with E-state index in [2.05, 4.69) is 15.9 Å². The average Bonchev–Trinajstić information content (AvgIpc) is 2.52.